The lowest BCUT2D eigenvalue weighted by Crippen LogP contribution is -2.37. The Morgan fingerprint density at radius 3 is 2.57 bits per heavy atom. The highest BCUT2D eigenvalue weighted by molar-refractivity contribution is 5.94. The van der Waals surface area contributed by atoms with Crippen LogP contribution in [-0.4, -0.2) is 50.1 Å². The van der Waals surface area contributed by atoms with Crippen LogP contribution in [0.15, 0.2) is 48.5 Å². The molecule has 6 heteroatoms. The second-order valence-corrected chi connectivity index (χ2v) is 8.16. The highest BCUT2D eigenvalue weighted by atomic mass is 16.5. The minimum Gasteiger partial charge on any atom is -0.453 e. The number of hydrogen-bond donors (Lipinski definition) is 0. The van der Waals surface area contributed by atoms with Gasteiger partial charge in [0.1, 0.15) is 6.10 Å². The molecule has 4 rings (SSSR count). The third kappa shape index (κ3) is 4.49. The molecule has 2 aromatic carbocycles. The molecule has 0 bridgehead atoms. The maximum absolute atomic E-state index is 13.3. The van der Waals surface area contributed by atoms with Crippen molar-refractivity contribution >= 4 is 17.6 Å². The van der Waals surface area contributed by atoms with E-state index in [0.717, 1.165) is 36.3 Å². The van der Waals surface area contributed by atoms with Gasteiger partial charge in [-0.05, 0) is 36.6 Å². The molecule has 158 valence electrons. The second kappa shape index (κ2) is 8.88. The number of ether oxygens (including phenoxy) is 2. The van der Waals surface area contributed by atoms with Crippen LogP contribution in [0.4, 0.5) is 5.69 Å². The summed E-state index contributed by atoms with van der Waals surface area (Å²) in [7, 11) is 4.01. The third-order valence-corrected chi connectivity index (χ3v) is 5.76. The standard InChI is InChI=1S/C24H28N2O4/c1-25(2)18-11-9-17(10-12-18)15-26(16-19-6-5-13-29-19)23(27)14-22-20-7-3-4-8-21(20)24(28)30-22/h3-4,7-12,19,22H,5-6,13-16H2,1-2H3/t19-,22+/m0/s1. The molecule has 0 aliphatic carbocycles. The van der Waals surface area contributed by atoms with Gasteiger partial charge in [-0.15, -0.1) is 0 Å². The topological polar surface area (TPSA) is 59.1 Å². The van der Waals surface area contributed by atoms with Crippen LogP contribution in [-0.2, 0) is 20.8 Å². The molecule has 2 aliphatic heterocycles. The number of cyclic esters (lactones) is 1. The molecule has 2 atom stereocenters. The van der Waals surface area contributed by atoms with E-state index in [-0.39, 0.29) is 24.4 Å². The van der Waals surface area contributed by atoms with Gasteiger partial charge in [0.15, 0.2) is 0 Å². The maximum Gasteiger partial charge on any atom is 0.339 e. The SMILES string of the molecule is CN(C)c1ccc(CN(C[C@@H]2CCCO2)C(=O)C[C@H]2OC(=O)c3ccccc32)cc1. The predicted octanol–water partition coefficient (Wildman–Crippen LogP) is 3.56. The van der Waals surface area contributed by atoms with Crippen molar-refractivity contribution < 1.29 is 19.1 Å². The normalized spacial score (nSPS) is 20.0. The van der Waals surface area contributed by atoms with Crippen LogP contribution < -0.4 is 4.90 Å². The number of benzene rings is 2. The number of hydrogen-bond acceptors (Lipinski definition) is 5. The molecule has 0 saturated carbocycles. The first kappa shape index (κ1) is 20.4. The number of carbonyl (C=O) groups is 2. The van der Waals surface area contributed by atoms with Crippen molar-refractivity contribution in [2.45, 2.75) is 38.0 Å². The Hall–Kier alpha value is -2.86. The molecular formula is C24H28N2O4. The van der Waals surface area contributed by atoms with E-state index in [0.29, 0.717) is 18.7 Å². The largest absolute Gasteiger partial charge is 0.453 e. The van der Waals surface area contributed by atoms with E-state index in [1.165, 1.54) is 0 Å². The van der Waals surface area contributed by atoms with Gasteiger partial charge in [0.25, 0.3) is 0 Å². The molecule has 2 aliphatic rings. The minimum absolute atomic E-state index is 0.0308. The molecule has 0 N–H and O–H groups in total. The summed E-state index contributed by atoms with van der Waals surface area (Å²) < 4.78 is 11.3. The molecule has 0 aromatic heterocycles. The van der Waals surface area contributed by atoms with E-state index in [4.69, 9.17) is 9.47 Å². The zero-order valence-electron chi connectivity index (χ0n) is 17.5. The first-order valence-corrected chi connectivity index (χ1v) is 10.5. The molecule has 1 saturated heterocycles. The average Bonchev–Trinajstić information content (AvgIpc) is 3.36. The molecule has 0 radical (unpaired) electrons. The molecular weight excluding hydrogens is 380 g/mol. The fraction of sp³-hybridized carbons (Fsp3) is 0.417. The van der Waals surface area contributed by atoms with Crippen LogP contribution in [0.5, 0.6) is 0 Å². The van der Waals surface area contributed by atoms with Crippen molar-refractivity contribution in [2.24, 2.45) is 0 Å². The summed E-state index contributed by atoms with van der Waals surface area (Å²) in [4.78, 5) is 29.3. The number of rotatable bonds is 7. The lowest BCUT2D eigenvalue weighted by Gasteiger charge is -2.27. The summed E-state index contributed by atoms with van der Waals surface area (Å²) in [5, 5.41) is 0. The van der Waals surface area contributed by atoms with Gasteiger partial charge in [-0.2, -0.15) is 0 Å². The zero-order valence-corrected chi connectivity index (χ0v) is 17.5. The van der Waals surface area contributed by atoms with E-state index in [2.05, 4.69) is 24.3 Å². The average molecular weight is 408 g/mol. The fourth-order valence-electron chi connectivity index (χ4n) is 4.07. The van der Waals surface area contributed by atoms with Gasteiger partial charge in [0.05, 0.1) is 18.1 Å². The Morgan fingerprint density at radius 2 is 1.87 bits per heavy atom. The van der Waals surface area contributed by atoms with Crippen LogP contribution in [0, 0.1) is 0 Å². The van der Waals surface area contributed by atoms with Crippen molar-refractivity contribution in [1.29, 1.82) is 0 Å². The van der Waals surface area contributed by atoms with Crippen molar-refractivity contribution in [2.75, 3.05) is 32.1 Å². The molecule has 2 heterocycles. The molecule has 2 aromatic rings. The van der Waals surface area contributed by atoms with Crippen molar-refractivity contribution in [3.05, 3.63) is 65.2 Å². The van der Waals surface area contributed by atoms with E-state index in [9.17, 15) is 9.59 Å². The lowest BCUT2D eigenvalue weighted by atomic mass is 10.0. The van der Waals surface area contributed by atoms with Gasteiger partial charge < -0.3 is 19.3 Å². The third-order valence-electron chi connectivity index (χ3n) is 5.76. The Labute approximate surface area is 177 Å². The molecule has 1 fully saturated rings. The molecule has 6 nitrogen and oxygen atoms in total. The van der Waals surface area contributed by atoms with Gasteiger partial charge in [0.2, 0.25) is 5.91 Å². The first-order chi connectivity index (χ1) is 14.5. The van der Waals surface area contributed by atoms with Crippen LogP contribution in [0.3, 0.4) is 0 Å². The summed E-state index contributed by atoms with van der Waals surface area (Å²) in [5.41, 5.74) is 3.53. The Bertz CT molecular complexity index is 904. The number of fused-ring (bicyclic) bond motifs is 1. The van der Waals surface area contributed by atoms with Crippen LogP contribution in [0.1, 0.15) is 46.9 Å². The van der Waals surface area contributed by atoms with Gasteiger partial charge in [-0.1, -0.05) is 30.3 Å². The maximum atomic E-state index is 13.3. The number of carbonyl (C=O) groups excluding carboxylic acids is 2. The number of nitrogens with zero attached hydrogens (tertiary/aromatic N) is 2. The number of anilines is 1. The molecule has 1 amide bonds. The summed E-state index contributed by atoms with van der Waals surface area (Å²) in [6.45, 7) is 1.81. The van der Waals surface area contributed by atoms with Crippen molar-refractivity contribution in [3.63, 3.8) is 0 Å². The van der Waals surface area contributed by atoms with Crippen LogP contribution >= 0.6 is 0 Å². The summed E-state index contributed by atoms with van der Waals surface area (Å²) in [6.07, 6.45) is 1.67. The van der Waals surface area contributed by atoms with E-state index in [1.807, 2.05) is 42.1 Å². The molecule has 30 heavy (non-hydrogen) atoms. The van der Waals surface area contributed by atoms with Gasteiger partial charge in [-0.3, -0.25) is 4.79 Å². The smallest absolute Gasteiger partial charge is 0.339 e. The van der Waals surface area contributed by atoms with E-state index in [1.54, 1.807) is 6.07 Å². The fourth-order valence-corrected chi connectivity index (χ4v) is 4.07. The van der Waals surface area contributed by atoms with Gasteiger partial charge >= 0.3 is 5.97 Å². The van der Waals surface area contributed by atoms with Crippen molar-refractivity contribution in [1.82, 2.24) is 4.90 Å². The zero-order chi connectivity index (χ0) is 21.1. The monoisotopic (exact) mass is 408 g/mol. The predicted molar refractivity (Wildman–Crippen MR) is 114 cm³/mol. The van der Waals surface area contributed by atoms with Crippen LogP contribution in [0.25, 0.3) is 0 Å². The summed E-state index contributed by atoms with van der Waals surface area (Å²) in [6, 6.07) is 15.5. The lowest BCUT2D eigenvalue weighted by molar-refractivity contribution is -0.135. The van der Waals surface area contributed by atoms with Gasteiger partial charge in [-0.25, -0.2) is 4.79 Å². The Balaban J connectivity index is 1.49. The summed E-state index contributed by atoms with van der Waals surface area (Å²) in [5.74, 6) is -0.384. The highest BCUT2D eigenvalue weighted by Gasteiger charge is 2.34. The second-order valence-electron chi connectivity index (χ2n) is 8.16. The quantitative estimate of drug-likeness (QED) is 0.656. The first-order valence-electron chi connectivity index (χ1n) is 10.5. The Morgan fingerprint density at radius 1 is 1.10 bits per heavy atom. The molecule has 0 spiro atoms. The van der Waals surface area contributed by atoms with Crippen molar-refractivity contribution in [3.8, 4) is 0 Å². The number of esters is 1. The van der Waals surface area contributed by atoms with Crippen LogP contribution in [0.2, 0.25) is 0 Å². The Kier molecular flexibility index (Phi) is 6.04. The van der Waals surface area contributed by atoms with E-state index < -0.39 is 6.10 Å². The minimum atomic E-state index is -0.524. The summed E-state index contributed by atoms with van der Waals surface area (Å²) >= 11 is 0. The number of amides is 1. The highest BCUT2D eigenvalue weighted by Crippen LogP contribution is 2.33. The van der Waals surface area contributed by atoms with Gasteiger partial charge in [0, 0.05) is 45.0 Å². The molecule has 0 unspecified atom stereocenters. The van der Waals surface area contributed by atoms with E-state index >= 15 is 0 Å².